The second-order valence-corrected chi connectivity index (χ2v) is 6.69. The molecule has 2 saturated heterocycles. The zero-order valence-electron chi connectivity index (χ0n) is 12.1. The van der Waals surface area contributed by atoms with Crippen molar-refractivity contribution >= 4 is 12.0 Å². The van der Waals surface area contributed by atoms with Crippen molar-refractivity contribution in [1.82, 2.24) is 9.80 Å². The van der Waals surface area contributed by atoms with E-state index in [1.807, 2.05) is 0 Å². The summed E-state index contributed by atoms with van der Waals surface area (Å²) >= 11 is 0. The molecule has 0 radical (unpaired) electrons. The van der Waals surface area contributed by atoms with Gasteiger partial charge in [-0.05, 0) is 20.8 Å². The Kier molecular flexibility index (Phi) is 3.68. The Morgan fingerprint density at radius 1 is 1.45 bits per heavy atom. The van der Waals surface area contributed by atoms with E-state index in [-0.39, 0.29) is 38.5 Å². The molecule has 2 rings (SSSR count). The van der Waals surface area contributed by atoms with E-state index in [0.29, 0.717) is 0 Å². The van der Waals surface area contributed by atoms with Crippen LogP contribution < -0.4 is 0 Å². The minimum atomic E-state index is -1.10. The number of rotatable bonds is 2. The van der Waals surface area contributed by atoms with Gasteiger partial charge in [0.15, 0.2) is 0 Å². The Balaban J connectivity index is 1.82. The van der Waals surface area contributed by atoms with E-state index >= 15 is 0 Å². The Bertz CT molecular complexity index is 411. The fourth-order valence-electron chi connectivity index (χ4n) is 2.48. The summed E-state index contributed by atoms with van der Waals surface area (Å²) in [4.78, 5) is 26.2. The van der Waals surface area contributed by atoms with Gasteiger partial charge in [-0.25, -0.2) is 4.79 Å². The van der Waals surface area contributed by atoms with Crippen molar-refractivity contribution in [2.75, 3.05) is 26.2 Å². The van der Waals surface area contributed by atoms with E-state index in [2.05, 4.69) is 0 Å². The van der Waals surface area contributed by atoms with Crippen LogP contribution in [-0.2, 0) is 9.53 Å². The van der Waals surface area contributed by atoms with Crippen molar-refractivity contribution in [1.29, 1.82) is 0 Å². The third-order valence-corrected chi connectivity index (χ3v) is 3.30. The Labute approximate surface area is 118 Å². The molecule has 2 fully saturated rings. The zero-order chi connectivity index (χ0) is 15.1. The average molecular weight is 286 g/mol. The van der Waals surface area contributed by atoms with Crippen molar-refractivity contribution in [2.45, 2.75) is 44.5 Å². The summed E-state index contributed by atoms with van der Waals surface area (Å²) in [6.07, 6.45) is -1.02. The first-order valence-corrected chi connectivity index (χ1v) is 6.74. The molecule has 0 spiro atoms. The summed E-state index contributed by atoms with van der Waals surface area (Å²) in [7, 11) is 0. The number of amides is 2. The van der Waals surface area contributed by atoms with E-state index in [1.54, 1.807) is 20.8 Å². The quantitative estimate of drug-likeness (QED) is 0.718. The molecule has 0 aromatic heterocycles. The van der Waals surface area contributed by atoms with Gasteiger partial charge in [0.1, 0.15) is 11.2 Å². The molecule has 0 aromatic carbocycles. The third-order valence-electron chi connectivity index (χ3n) is 3.30. The normalized spacial score (nSPS) is 25.6. The summed E-state index contributed by atoms with van der Waals surface area (Å²) < 4.78 is 5.20. The monoisotopic (exact) mass is 286 g/mol. The number of carbonyl (C=O) groups excluding carboxylic acids is 2. The molecule has 0 aromatic rings. The standard InChI is InChI=1S/C13H22N2O5/c1-12(2,3)20-11(18)15-7-13(19,8-15)6-14-5-9(16)4-10(14)17/h9,16,19H,4-8H2,1-3H3. The van der Waals surface area contributed by atoms with E-state index in [0.717, 1.165) is 0 Å². The van der Waals surface area contributed by atoms with Crippen LogP contribution in [0.5, 0.6) is 0 Å². The van der Waals surface area contributed by atoms with E-state index in [4.69, 9.17) is 4.74 Å². The fourth-order valence-corrected chi connectivity index (χ4v) is 2.48. The first-order chi connectivity index (χ1) is 9.08. The molecule has 1 atom stereocenters. The molecule has 2 N–H and O–H groups in total. The lowest BCUT2D eigenvalue weighted by atomic mass is 9.94. The molecule has 2 aliphatic heterocycles. The smallest absolute Gasteiger partial charge is 0.410 e. The Morgan fingerprint density at radius 2 is 2.05 bits per heavy atom. The molecular weight excluding hydrogens is 264 g/mol. The van der Waals surface area contributed by atoms with Gasteiger partial charge < -0.3 is 24.7 Å². The minimum absolute atomic E-state index is 0.103. The number of carbonyl (C=O) groups is 2. The number of likely N-dealkylation sites (tertiary alicyclic amines) is 2. The number of ether oxygens (including phenoxy) is 1. The molecule has 2 amide bonds. The molecule has 0 aliphatic carbocycles. The summed E-state index contributed by atoms with van der Waals surface area (Å²) in [6, 6.07) is 0. The van der Waals surface area contributed by atoms with Crippen LogP contribution in [0.3, 0.4) is 0 Å². The molecule has 1 unspecified atom stereocenters. The molecule has 0 bridgehead atoms. The van der Waals surface area contributed by atoms with Gasteiger partial charge >= 0.3 is 6.09 Å². The van der Waals surface area contributed by atoms with Crippen LogP contribution in [0.25, 0.3) is 0 Å². The maximum Gasteiger partial charge on any atom is 0.410 e. The van der Waals surface area contributed by atoms with E-state index in [1.165, 1.54) is 9.80 Å². The topological polar surface area (TPSA) is 90.3 Å². The highest BCUT2D eigenvalue weighted by molar-refractivity contribution is 5.79. The maximum absolute atomic E-state index is 11.8. The van der Waals surface area contributed by atoms with Crippen LogP contribution in [0.1, 0.15) is 27.2 Å². The molecule has 20 heavy (non-hydrogen) atoms. The molecule has 7 heteroatoms. The summed E-state index contributed by atoms with van der Waals surface area (Å²) in [5, 5.41) is 19.7. The maximum atomic E-state index is 11.8. The number of aliphatic hydroxyl groups excluding tert-OH is 1. The van der Waals surface area contributed by atoms with Crippen LogP contribution in [0.2, 0.25) is 0 Å². The van der Waals surface area contributed by atoms with Crippen molar-refractivity contribution in [2.24, 2.45) is 0 Å². The lowest BCUT2D eigenvalue weighted by molar-refractivity contribution is -0.139. The SMILES string of the molecule is CC(C)(C)OC(=O)N1CC(O)(CN2CC(O)CC2=O)C1. The highest BCUT2D eigenvalue weighted by Gasteiger charge is 2.47. The highest BCUT2D eigenvalue weighted by Crippen LogP contribution is 2.26. The second kappa shape index (κ2) is 4.89. The summed E-state index contributed by atoms with van der Waals surface area (Å²) in [6.45, 7) is 6.00. The van der Waals surface area contributed by atoms with Crippen LogP contribution in [0.15, 0.2) is 0 Å². The number of nitrogens with zero attached hydrogens (tertiary/aromatic N) is 2. The van der Waals surface area contributed by atoms with Gasteiger partial charge in [0.05, 0.1) is 32.2 Å². The predicted molar refractivity (Wildman–Crippen MR) is 70.0 cm³/mol. The van der Waals surface area contributed by atoms with Gasteiger partial charge in [0.25, 0.3) is 0 Å². The molecule has 2 heterocycles. The minimum Gasteiger partial charge on any atom is -0.444 e. The van der Waals surface area contributed by atoms with Crippen molar-refractivity contribution < 1.29 is 24.5 Å². The van der Waals surface area contributed by atoms with Crippen LogP contribution in [-0.4, -0.2) is 75.5 Å². The van der Waals surface area contributed by atoms with Crippen LogP contribution in [0.4, 0.5) is 4.79 Å². The Hall–Kier alpha value is -1.34. The van der Waals surface area contributed by atoms with Crippen LogP contribution in [0, 0.1) is 0 Å². The van der Waals surface area contributed by atoms with Crippen molar-refractivity contribution in [3.8, 4) is 0 Å². The van der Waals surface area contributed by atoms with Crippen LogP contribution >= 0.6 is 0 Å². The van der Waals surface area contributed by atoms with Gasteiger partial charge in [0, 0.05) is 6.54 Å². The summed E-state index contributed by atoms with van der Waals surface area (Å²) in [5.74, 6) is -0.165. The highest BCUT2D eigenvalue weighted by atomic mass is 16.6. The molecule has 7 nitrogen and oxygen atoms in total. The van der Waals surface area contributed by atoms with Crippen molar-refractivity contribution in [3.63, 3.8) is 0 Å². The lowest BCUT2D eigenvalue weighted by Gasteiger charge is -2.47. The second-order valence-electron chi connectivity index (χ2n) is 6.69. The zero-order valence-corrected chi connectivity index (χ0v) is 12.1. The summed E-state index contributed by atoms with van der Waals surface area (Å²) in [5.41, 5.74) is -1.67. The molecule has 2 aliphatic rings. The lowest BCUT2D eigenvalue weighted by Crippen LogP contribution is -2.68. The number of aliphatic hydroxyl groups is 2. The van der Waals surface area contributed by atoms with Crippen molar-refractivity contribution in [3.05, 3.63) is 0 Å². The first kappa shape index (κ1) is 15.1. The Morgan fingerprint density at radius 3 is 2.50 bits per heavy atom. The van der Waals surface area contributed by atoms with Gasteiger partial charge in [-0.15, -0.1) is 0 Å². The molecular formula is C13H22N2O5. The van der Waals surface area contributed by atoms with Gasteiger partial charge in [-0.2, -0.15) is 0 Å². The van der Waals surface area contributed by atoms with E-state index < -0.39 is 23.4 Å². The third kappa shape index (κ3) is 3.40. The van der Waals surface area contributed by atoms with Gasteiger partial charge in [-0.3, -0.25) is 4.79 Å². The molecule has 114 valence electrons. The first-order valence-electron chi connectivity index (χ1n) is 6.74. The average Bonchev–Trinajstić information content (AvgIpc) is 2.51. The fraction of sp³-hybridized carbons (Fsp3) is 0.846. The largest absolute Gasteiger partial charge is 0.444 e. The predicted octanol–water partition coefficient (Wildman–Crippen LogP) is -0.439. The van der Waals surface area contributed by atoms with Gasteiger partial charge in [0.2, 0.25) is 5.91 Å². The number of hydrogen-bond donors (Lipinski definition) is 2. The number of hydrogen-bond acceptors (Lipinski definition) is 5. The van der Waals surface area contributed by atoms with Gasteiger partial charge in [-0.1, -0.05) is 0 Å². The molecule has 0 saturated carbocycles. The number of β-amino-alcohol motifs (C(OH)–C–C–N with tert-alkyl or cyclic N) is 2. The van der Waals surface area contributed by atoms with E-state index in [9.17, 15) is 19.8 Å².